The average Bonchev–Trinajstić information content (AvgIpc) is 2.83. The number of carbonyl (C=O) groups is 2. The number of rotatable bonds is 5. The van der Waals surface area contributed by atoms with E-state index in [0.717, 1.165) is 21.5 Å². The second-order valence-corrected chi connectivity index (χ2v) is 8.80. The highest BCUT2D eigenvalue weighted by Gasteiger charge is 2.36. The molecule has 0 aromatic heterocycles. The predicted molar refractivity (Wildman–Crippen MR) is 111 cm³/mol. The first kappa shape index (κ1) is 19.6. The smallest absolute Gasteiger partial charge is 0.299 e. The Morgan fingerprint density at radius 3 is 2.37 bits per heavy atom. The molecule has 0 aliphatic carbocycles. The van der Waals surface area contributed by atoms with Crippen LogP contribution in [0.5, 0.6) is 5.75 Å². The van der Waals surface area contributed by atoms with Gasteiger partial charge in [-0.05, 0) is 54.2 Å². The third kappa shape index (κ3) is 4.08. The number of fused-ring (bicyclic) bond motifs is 1. The number of benzene rings is 2. The molecule has 5 heteroatoms. The van der Waals surface area contributed by atoms with Gasteiger partial charge in [-0.1, -0.05) is 48.8 Å². The van der Waals surface area contributed by atoms with Crippen molar-refractivity contribution in [2.45, 2.75) is 39.5 Å². The maximum atomic E-state index is 12.3. The van der Waals surface area contributed by atoms with E-state index in [1.807, 2.05) is 25.1 Å². The lowest BCUT2D eigenvalue weighted by molar-refractivity contribution is -0.114. The summed E-state index contributed by atoms with van der Waals surface area (Å²) >= 11 is 3.39. The molecular weight excluding hydrogens is 406 g/mol. The number of aryl methyl sites for hydroxylation is 1. The normalized spacial score (nSPS) is 13.9. The fraction of sp³-hybridized carbons (Fsp3) is 0.364. The summed E-state index contributed by atoms with van der Waals surface area (Å²) in [5.74, 6) is -0.0823. The van der Waals surface area contributed by atoms with E-state index in [9.17, 15) is 9.59 Å². The van der Waals surface area contributed by atoms with Crippen molar-refractivity contribution in [3.63, 3.8) is 0 Å². The molecule has 0 spiro atoms. The highest BCUT2D eigenvalue weighted by molar-refractivity contribution is 9.10. The minimum absolute atomic E-state index is 0.113. The molecule has 142 valence electrons. The fourth-order valence-corrected chi connectivity index (χ4v) is 3.86. The van der Waals surface area contributed by atoms with E-state index in [1.165, 1.54) is 5.56 Å². The second kappa shape index (κ2) is 7.47. The maximum Gasteiger partial charge on any atom is 0.299 e. The van der Waals surface area contributed by atoms with Gasteiger partial charge >= 0.3 is 0 Å². The van der Waals surface area contributed by atoms with E-state index in [0.29, 0.717) is 25.1 Å². The Bertz CT molecular complexity index is 882. The van der Waals surface area contributed by atoms with Crippen molar-refractivity contribution in [3.8, 4) is 5.75 Å². The van der Waals surface area contributed by atoms with Crippen molar-refractivity contribution in [1.29, 1.82) is 0 Å². The first-order valence-corrected chi connectivity index (χ1v) is 9.87. The standard InChI is InChI=1S/C22H24BrNO3/c1-14-12-16(23)13-18-19(14)24(21(26)20(18)25)10-5-11-27-17-8-6-15(7-9-17)22(2,3)4/h6-9,12-13H,5,10-11H2,1-4H3. The Morgan fingerprint density at radius 1 is 1.07 bits per heavy atom. The van der Waals surface area contributed by atoms with Crippen molar-refractivity contribution in [2.75, 3.05) is 18.1 Å². The zero-order valence-electron chi connectivity index (χ0n) is 16.1. The van der Waals surface area contributed by atoms with Crippen LogP contribution in [0.2, 0.25) is 0 Å². The van der Waals surface area contributed by atoms with E-state index >= 15 is 0 Å². The molecule has 2 aromatic rings. The van der Waals surface area contributed by atoms with Gasteiger partial charge in [0.25, 0.3) is 11.7 Å². The van der Waals surface area contributed by atoms with Crippen molar-refractivity contribution in [2.24, 2.45) is 0 Å². The quantitative estimate of drug-likeness (QED) is 0.493. The molecule has 4 nitrogen and oxygen atoms in total. The summed E-state index contributed by atoms with van der Waals surface area (Å²) in [5, 5.41) is 0. The molecule has 0 N–H and O–H groups in total. The molecule has 0 saturated carbocycles. The highest BCUT2D eigenvalue weighted by Crippen LogP contribution is 2.35. The topological polar surface area (TPSA) is 46.6 Å². The predicted octanol–water partition coefficient (Wildman–Crippen LogP) is 5.05. The van der Waals surface area contributed by atoms with Gasteiger partial charge in [0.15, 0.2) is 0 Å². The van der Waals surface area contributed by atoms with Gasteiger partial charge in [0.05, 0.1) is 17.9 Å². The summed E-state index contributed by atoms with van der Waals surface area (Å²) in [4.78, 5) is 26.2. The third-order valence-corrected chi connectivity index (χ3v) is 5.19. The summed E-state index contributed by atoms with van der Waals surface area (Å²) in [6.07, 6.45) is 0.648. The van der Waals surface area contributed by atoms with Gasteiger partial charge in [-0.2, -0.15) is 0 Å². The molecular formula is C22H24BrNO3. The largest absolute Gasteiger partial charge is 0.494 e. The third-order valence-electron chi connectivity index (χ3n) is 4.73. The Kier molecular flexibility index (Phi) is 5.43. The minimum Gasteiger partial charge on any atom is -0.494 e. The monoisotopic (exact) mass is 429 g/mol. The van der Waals surface area contributed by atoms with Gasteiger partial charge in [-0.15, -0.1) is 0 Å². The van der Waals surface area contributed by atoms with Crippen molar-refractivity contribution in [3.05, 3.63) is 57.6 Å². The van der Waals surface area contributed by atoms with Crippen LogP contribution in [0.3, 0.4) is 0 Å². The van der Waals surface area contributed by atoms with E-state index < -0.39 is 11.7 Å². The van der Waals surface area contributed by atoms with E-state index in [1.54, 1.807) is 11.0 Å². The van der Waals surface area contributed by atoms with Crippen LogP contribution < -0.4 is 9.64 Å². The maximum absolute atomic E-state index is 12.3. The van der Waals surface area contributed by atoms with Gasteiger partial charge in [0.2, 0.25) is 0 Å². The number of Topliss-reactive ketones (excluding diaryl/α,β-unsaturated/α-hetero) is 1. The number of anilines is 1. The van der Waals surface area contributed by atoms with Crippen LogP contribution in [-0.2, 0) is 10.2 Å². The van der Waals surface area contributed by atoms with Gasteiger partial charge in [-0.25, -0.2) is 0 Å². The Hall–Kier alpha value is -2.14. The number of halogens is 1. The first-order valence-electron chi connectivity index (χ1n) is 9.08. The summed E-state index contributed by atoms with van der Waals surface area (Å²) in [6.45, 7) is 9.38. The van der Waals surface area contributed by atoms with E-state index in [4.69, 9.17) is 4.74 Å². The second-order valence-electron chi connectivity index (χ2n) is 7.88. The van der Waals surface area contributed by atoms with Crippen LogP contribution in [0.4, 0.5) is 5.69 Å². The fourth-order valence-electron chi connectivity index (χ4n) is 3.28. The van der Waals surface area contributed by atoms with Gasteiger partial charge in [0.1, 0.15) is 5.75 Å². The molecule has 0 atom stereocenters. The number of ketones is 1. The van der Waals surface area contributed by atoms with Crippen LogP contribution in [0.1, 0.15) is 48.7 Å². The van der Waals surface area contributed by atoms with Crippen LogP contribution in [0.15, 0.2) is 40.9 Å². The zero-order valence-corrected chi connectivity index (χ0v) is 17.7. The van der Waals surface area contributed by atoms with Gasteiger partial charge in [-0.3, -0.25) is 9.59 Å². The number of ether oxygens (including phenoxy) is 1. The van der Waals surface area contributed by atoms with Gasteiger partial charge in [0, 0.05) is 11.0 Å². The number of amides is 1. The highest BCUT2D eigenvalue weighted by atomic mass is 79.9. The Morgan fingerprint density at radius 2 is 1.74 bits per heavy atom. The lowest BCUT2D eigenvalue weighted by Crippen LogP contribution is -2.31. The number of hydrogen-bond acceptors (Lipinski definition) is 3. The Labute approximate surface area is 168 Å². The molecule has 3 rings (SSSR count). The van der Waals surface area contributed by atoms with E-state index in [-0.39, 0.29) is 5.41 Å². The van der Waals surface area contributed by atoms with E-state index in [2.05, 4.69) is 48.8 Å². The van der Waals surface area contributed by atoms with Crippen molar-refractivity contribution >= 4 is 33.3 Å². The van der Waals surface area contributed by atoms with Crippen molar-refractivity contribution in [1.82, 2.24) is 0 Å². The molecule has 0 unspecified atom stereocenters. The molecule has 1 amide bonds. The molecule has 0 radical (unpaired) electrons. The van der Waals surface area contributed by atoms with Crippen LogP contribution in [0, 0.1) is 6.92 Å². The molecule has 1 aliphatic heterocycles. The molecule has 27 heavy (non-hydrogen) atoms. The summed E-state index contributed by atoms with van der Waals surface area (Å²) in [5.41, 5.74) is 3.49. The number of hydrogen-bond donors (Lipinski definition) is 0. The molecule has 0 saturated heterocycles. The van der Waals surface area contributed by atoms with Gasteiger partial charge < -0.3 is 9.64 Å². The lowest BCUT2D eigenvalue weighted by atomic mass is 9.87. The molecule has 1 heterocycles. The Balaban J connectivity index is 1.60. The summed E-state index contributed by atoms with van der Waals surface area (Å²) in [7, 11) is 0. The number of nitrogens with zero attached hydrogens (tertiary/aromatic N) is 1. The average molecular weight is 430 g/mol. The molecule has 1 aliphatic rings. The SMILES string of the molecule is Cc1cc(Br)cc2c1N(CCCOc1ccc(C(C)(C)C)cc1)C(=O)C2=O. The first-order chi connectivity index (χ1) is 12.7. The van der Waals surface area contributed by atoms with Crippen LogP contribution in [0.25, 0.3) is 0 Å². The minimum atomic E-state index is -0.458. The number of carbonyl (C=O) groups excluding carboxylic acids is 2. The zero-order chi connectivity index (χ0) is 19.8. The van der Waals surface area contributed by atoms with Crippen molar-refractivity contribution < 1.29 is 14.3 Å². The molecule has 0 fully saturated rings. The summed E-state index contributed by atoms with van der Waals surface area (Å²) < 4.78 is 6.61. The molecule has 2 aromatic carbocycles. The lowest BCUT2D eigenvalue weighted by Gasteiger charge is -2.20. The summed E-state index contributed by atoms with van der Waals surface area (Å²) in [6, 6.07) is 11.7. The molecule has 0 bridgehead atoms. The van der Waals surface area contributed by atoms with Crippen LogP contribution in [-0.4, -0.2) is 24.8 Å². The van der Waals surface area contributed by atoms with Crippen LogP contribution >= 0.6 is 15.9 Å².